The summed E-state index contributed by atoms with van der Waals surface area (Å²) in [4.78, 5) is 41.4. The highest BCUT2D eigenvalue weighted by molar-refractivity contribution is 6.34. The molecule has 0 saturated carbocycles. The maximum atomic E-state index is 12.6. The van der Waals surface area contributed by atoms with Crippen molar-refractivity contribution >= 4 is 17.8 Å². The largest absolute Gasteiger partial charge is 0.480 e. The Bertz CT molecular complexity index is 536. The molecule has 0 radical (unpaired) electrons. The van der Waals surface area contributed by atoms with Gasteiger partial charge in [-0.2, -0.15) is 0 Å². The summed E-state index contributed by atoms with van der Waals surface area (Å²) in [6.45, 7) is 5.51. The Morgan fingerprint density at radius 3 is 1.96 bits per heavy atom. The molecule has 3 heterocycles. The smallest absolute Gasteiger partial charge is 0.329 e. The molecule has 3 aliphatic rings. The van der Waals surface area contributed by atoms with Gasteiger partial charge in [-0.25, -0.2) is 4.79 Å². The molecule has 0 aromatic heterocycles. The van der Waals surface area contributed by atoms with Crippen molar-refractivity contribution in [3.05, 3.63) is 0 Å². The second kappa shape index (κ2) is 9.48. The average Bonchev–Trinajstić information content (AvgIpc) is 2.72. The number of rotatable bonds is 4. The van der Waals surface area contributed by atoms with Crippen LogP contribution in [0.15, 0.2) is 0 Å². The molecule has 0 aromatic rings. The highest BCUT2D eigenvalue weighted by Gasteiger charge is 2.33. The summed E-state index contributed by atoms with van der Waals surface area (Å²) in [5.74, 6) is -1.85. The Balaban J connectivity index is 1.40. The monoisotopic (exact) mass is 382 g/mol. The molecule has 27 heavy (non-hydrogen) atoms. The van der Waals surface area contributed by atoms with Crippen LogP contribution in [0.2, 0.25) is 0 Å². The van der Waals surface area contributed by atoms with E-state index in [1.165, 1.54) is 0 Å². The Labute approximate surface area is 159 Å². The van der Waals surface area contributed by atoms with E-state index in [2.05, 4.69) is 10.2 Å². The molecule has 2 amide bonds. The van der Waals surface area contributed by atoms with Gasteiger partial charge in [-0.05, 0) is 38.8 Å². The van der Waals surface area contributed by atoms with E-state index in [4.69, 9.17) is 9.84 Å². The summed E-state index contributed by atoms with van der Waals surface area (Å²) in [5, 5.41) is 12.0. The zero-order valence-electron chi connectivity index (χ0n) is 15.8. The van der Waals surface area contributed by atoms with E-state index in [1.54, 1.807) is 9.80 Å². The average molecular weight is 382 g/mol. The molecule has 0 aliphatic carbocycles. The van der Waals surface area contributed by atoms with Crippen LogP contribution >= 0.6 is 0 Å². The number of likely N-dealkylation sites (tertiary alicyclic amines) is 1. The number of nitrogens with zero attached hydrogens (tertiary/aromatic N) is 3. The lowest BCUT2D eigenvalue weighted by molar-refractivity contribution is -0.155. The van der Waals surface area contributed by atoms with Gasteiger partial charge in [0.25, 0.3) is 0 Å². The van der Waals surface area contributed by atoms with E-state index in [9.17, 15) is 14.4 Å². The van der Waals surface area contributed by atoms with Crippen LogP contribution in [0.4, 0.5) is 0 Å². The van der Waals surface area contributed by atoms with E-state index < -0.39 is 17.8 Å². The van der Waals surface area contributed by atoms with Gasteiger partial charge < -0.3 is 25.0 Å². The van der Waals surface area contributed by atoms with Gasteiger partial charge in [0, 0.05) is 45.3 Å². The Morgan fingerprint density at radius 1 is 0.852 bits per heavy atom. The molecule has 3 aliphatic heterocycles. The SMILES string of the molecule is O=C(O)COC1CCN(C(=O)C(=O)N2CCN(C3CCNCC3)CC2)CC1. The molecule has 9 heteroatoms. The first-order valence-corrected chi connectivity index (χ1v) is 9.91. The van der Waals surface area contributed by atoms with Crippen LogP contribution < -0.4 is 5.32 Å². The molecule has 0 spiro atoms. The lowest BCUT2D eigenvalue weighted by Gasteiger charge is -2.41. The number of carboxylic acid groups (broad SMARTS) is 1. The van der Waals surface area contributed by atoms with Crippen molar-refractivity contribution in [2.75, 3.05) is 59.0 Å². The lowest BCUT2D eigenvalue weighted by atomic mass is 10.0. The maximum absolute atomic E-state index is 12.6. The predicted octanol–water partition coefficient (Wildman–Crippen LogP) is -1.03. The fourth-order valence-electron chi connectivity index (χ4n) is 4.15. The van der Waals surface area contributed by atoms with E-state index in [1.807, 2.05) is 0 Å². The number of amides is 2. The predicted molar refractivity (Wildman–Crippen MR) is 97.2 cm³/mol. The fraction of sp³-hybridized carbons (Fsp3) is 0.833. The van der Waals surface area contributed by atoms with Crippen LogP contribution in [0.1, 0.15) is 25.7 Å². The molecule has 3 saturated heterocycles. The van der Waals surface area contributed by atoms with Crippen LogP contribution in [-0.2, 0) is 19.1 Å². The van der Waals surface area contributed by atoms with Crippen molar-refractivity contribution in [3.63, 3.8) is 0 Å². The Morgan fingerprint density at radius 2 is 1.41 bits per heavy atom. The van der Waals surface area contributed by atoms with Crippen molar-refractivity contribution in [2.24, 2.45) is 0 Å². The van der Waals surface area contributed by atoms with E-state index in [0.29, 0.717) is 45.1 Å². The fourth-order valence-corrected chi connectivity index (χ4v) is 4.15. The molecule has 9 nitrogen and oxygen atoms in total. The molecule has 0 atom stereocenters. The zero-order valence-corrected chi connectivity index (χ0v) is 15.8. The first-order chi connectivity index (χ1) is 13.0. The molecule has 0 aromatic carbocycles. The molecule has 3 fully saturated rings. The van der Waals surface area contributed by atoms with Crippen molar-refractivity contribution in [1.29, 1.82) is 0 Å². The van der Waals surface area contributed by atoms with Crippen LogP contribution in [0, 0.1) is 0 Å². The second-order valence-corrected chi connectivity index (χ2v) is 7.51. The minimum Gasteiger partial charge on any atom is -0.480 e. The Kier molecular flexibility index (Phi) is 7.03. The number of hydrogen-bond acceptors (Lipinski definition) is 6. The summed E-state index contributed by atoms with van der Waals surface area (Å²) in [7, 11) is 0. The standard InChI is InChI=1S/C18H30N4O5/c23-16(24)13-27-15-3-7-21(8-4-15)17(25)18(26)22-11-9-20(10-12-22)14-1-5-19-6-2-14/h14-15,19H,1-13H2,(H,23,24). The normalized spacial score (nSPS) is 23.4. The molecule has 3 rings (SSSR count). The van der Waals surface area contributed by atoms with Crippen molar-refractivity contribution in [2.45, 2.75) is 37.8 Å². The van der Waals surface area contributed by atoms with E-state index in [-0.39, 0.29) is 12.7 Å². The number of carbonyl (C=O) groups is 3. The highest BCUT2D eigenvalue weighted by atomic mass is 16.5. The number of aliphatic carboxylic acids is 1. The van der Waals surface area contributed by atoms with Gasteiger partial charge in [0.15, 0.2) is 0 Å². The number of carbonyl (C=O) groups excluding carboxylic acids is 2. The minimum absolute atomic E-state index is 0.159. The molecule has 0 unspecified atom stereocenters. The molecular weight excluding hydrogens is 352 g/mol. The van der Waals surface area contributed by atoms with E-state index >= 15 is 0 Å². The summed E-state index contributed by atoms with van der Waals surface area (Å²) in [6, 6.07) is 0.587. The van der Waals surface area contributed by atoms with Crippen LogP contribution in [0.5, 0.6) is 0 Å². The molecule has 2 N–H and O–H groups in total. The van der Waals surface area contributed by atoms with Crippen molar-refractivity contribution < 1.29 is 24.2 Å². The van der Waals surface area contributed by atoms with Gasteiger partial charge in [0.05, 0.1) is 6.10 Å². The quantitative estimate of drug-likeness (QED) is 0.600. The number of piperazine rings is 1. The van der Waals surface area contributed by atoms with Gasteiger partial charge in [-0.3, -0.25) is 14.5 Å². The third-order valence-corrected chi connectivity index (χ3v) is 5.78. The number of carboxylic acids is 1. The van der Waals surface area contributed by atoms with Gasteiger partial charge in [0.1, 0.15) is 6.61 Å². The third-order valence-electron chi connectivity index (χ3n) is 5.78. The molecular formula is C18H30N4O5. The van der Waals surface area contributed by atoms with Crippen LogP contribution in [0.25, 0.3) is 0 Å². The first kappa shape index (κ1) is 20.0. The zero-order chi connectivity index (χ0) is 19.2. The van der Waals surface area contributed by atoms with Gasteiger partial charge in [-0.15, -0.1) is 0 Å². The number of piperidine rings is 2. The number of ether oxygens (including phenoxy) is 1. The van der Waals surface area contributed by atoms with Gasteiger partial charge >= 0.3 is 17.8 Å². The van der Waals surface area contributed by atoms with Crippen molar-refractivity contribution in [1.82, 2.24) is 20.0 Å². The van der Waals surface area contributed by atoms with E-state index in [0.717, 1.165) is 39.0 Å². The summed E-state index contributed by atoms with van der Waals surface area (Å²) in [5.41, 5.74) is 0. The van der Waals surface area contributed by atoms with Crippen molar-refractivity contribution in [3.8, 4) is 0 Å². The second-order valence-electron chi connectivity index (χ2n) is 7.51. The Hall–Kier alpha value is -1.71. The summed E-state index contributed by atoms with van der Waals surface area (Å²) < 4.78 is 5.28. The first-order valence-electron chi connectivity index (χ1n) is 9.91. The van der Waals surface area contributed by atoms with Crippen LogP contribution in [0.3, 0.4) is 0 Å². The molecule has 0 bridgehead atoms. The summed E-state index contributed by atoms with van der Waals surface area (Å²) in [6.07, 6.45) is 3.26. The third kappa shape index (κ3) is 5.40. The lowest BCUT2D eigenvalue weighted by Crippen LogP contribution is -2.57. The minimum atomic E-state index is -0.993. The van der Waals surface area contributed by atoms with Gasteiger partial charge in [-0.1, -0.05) is 0 Å². The van der Waals surface area contributed by atoms with Crippen LogP contribution in [-0.4, -0.2) is 109 Å². The topological polar surface area (TPSA) is 102 Å². The van der Waals surface area contributed by atoms with Gasteiger partial charge in [0.2, 0.25) is 0 Å². The maximum Gasteiger partial charge on any atom is 0.329 e. The highest BCUT2D eigenvalue weighted by Crippen LogP contribution is 2.17. The number of nitrogens with one attached hydrogen (secondary N) is 1. The summed E-state index contributed by atoms with van der Waals surface area (Å²) >= 11 is 0. The molecule has 152 valence electrons. The number of hydrogen-bond donors (Lipinski definition) is 2.